The van der Waals surface area contributed by atoms with Gasteiger partial charge in [-0.2, -0.15) is 0 Å². The maximum atomic E-state index is 6.29. The molecular formula is C27H25Cl2NO2. The summed E-state index contributed by atoms with van der Waals surface area (Å²) in [6.07, 6.45) is 5.64. The van der Waals surface area contributed by atoms with Crippen LogP contribution in [0.25, 0.3) is 0 Å². The van der Waals surface area contributed by atoms with E-state index in [0.29, 0.717) is 25.0 Å². The minimum atomic E-state index is 0.188. The highest BCUT2D eigenvalue weighted by Crippen LogP contribution is 2.51. The number of benzene rings is 3. The summed E-state index contributed by atoms with van der Waals surface area (Å²) >= 11 is 12.3. The summed E-state index contributed by atoms with van der Waals surface area (Å²) in [5.74, 6) is 2.32. The van der Waals surface area contributed by atoms with Crippen LogP contribution in [0.15, 0.2) is 72.8 Å². The van der Waals surface area contributed by atoms with Crippen molar-refractivity contribution in [2.24, 2.45) is 5.92 Å². The predicted octanol–water partition coefficient (Wildman–Crippen LogP) is 7.80. The monoisotopic (exact) mass is 465 g/mol. The molecule has 0 unspecified atom stereocenters. The molecule has 0 spiro atoms. The third kappa shape index (κ3) is 4.20. The summed E-state index contributed by atoms with van der Waals surface area (Å²) in [7, 11) is 0. The number of halogens is 2. The number of nitrogens with one attached hydrogen (secondary N) is 1. The van der Waals surface area contributed by atoms with Gasteiger partial charge in [0.1, 0.15) is 6.61 Å². The lowest BCUT2D eigenvalue weighted by atomic mass is 9.77. The minimum Gasteiger partial charge on any atom is -0.490 e. The van der Waals surface area contributed by atoms with Gasteiger partial charge in [0.05, 0.1) is 12.6 Å². The molecule has 2 aliphatic rings. The van der Waals surface area contributed by atoms with Crippen molar-refractivity contribution in [3.8, 4) is 11.5 Å². The lowest BCUT2D eigenvalue weighted by Gasteiger charge is -2.37. The third-order valence-corrected chi connectivity index (χ3v) is 6.75. The Morgan fingerprint density at radius 1 is 0.906 bits per heavy atom. The maximum Gasteiger partial charge on any atom is 0.161 e. The SMILES string of the molecule is CCOc1cc([C@@H]2Nc3ccc(Cl)cc3[C@@H]3C=CC[C@@H]32)ccc1OCc1ccc(Cl)cc1. The van der Waals surface area contributed by atoms with Crippen molar-refractivity contribution in [3.05, 3.63) is 99.6 Å². The average molecular weight is 466 g/mol. The van der Waals surface area contributed by atoms with Gasteiger partial charge in [0.2, 0.25) is 0 Å². The van der Waals surface area contributed by atoms with Crippen LogP contribution in [0.3, 0.4) is 0 Å². The molecule has 1 aliphatic heterocycles. The summed E-state index contributed by atoms with van der Waals surface area (Å²) in [5.41, 5.74) is 4.69. The molecule has 0 saturated heterocycles. The van der Waals surface area contributed by atoms with Crippen LogP contribution in [0.5, 0.6) is 11.5 Å². The number of fused-ring (bicyclic) bond motifs is 3. The second-order valence-corrected chi connectivity index (χ2v) is 9.13. The van der Waals surface area contributed by atoms with Crippen LogP contribution in [-0.2, 0) is 6.61 Å². The maximum absolute atomic E-state index is 6.29. The molecule has 3 aromatic rings. The van der Waals surface area contributed by atoms with Gasteiger partial charge in [-0.1, -0.05) is 53.6 Å². The molecule has 3 atom stereocenters. The molecule has 164 valence electrons. The molecule has 3 nitrogen and oxygen atoms in total. The van der Waals surface area contributed by atoms with Crippen molar-refractivity contribution < 1.29 is 9.47 Å². The average Bonchev–Trinajstić information content (AvgIpc) is 3.29. The van der Waals surface area contributed by atoms with E-state index in [0.717, 1.165) is 39.2 Å². The predicted molar refractivity (Wildman–Crippen MR) is 131 cm³/mol. The Morgan fingerprint density at radius 3 is 2.53 bits per heavy atom. The summed E-state index contributed by atoms with van der Waals surface area (Å²) < 4.78 is 12.1. The molecular weight excluding hydrogens is 441 g/mol. The highest BCUT2D eigenvalue weighted by atomic mass is 35.5. The fourth-order valence-corrected chi connectivity index (χ4v) is 5.05. The molecule has 0 amide bonds. The van der Waals surface area contributed by atoms with Gasteiger partial charge in [-0.3, -0.25) is 0 Å². The summed E-state index contributed by atoms with van der Waals surface area (Å²) in [5, 5.41) is 5.26. The van der Waals surface area contributed by atoms with E-state index in [1.165, 1.54) is 11.1 Å². The number of hydrogen-bond donors (Lipinski definition) is 1. The van der Waals surface area contributed by atoms with Gasteiger partial charge in [-0.25, -0.2) is 0 Å². The van der Waals surface area contributed by atoms with E-state index in [4.69, 9.17) is 32.7 Å². The second kappa shape index (κ2) is 9.09. The minimum absolute atomic E-state index is 0.188. The Balaban J connectivity index is 1.41. The van der Waals surface area contributed by atoms with Gasteiger partial charge in [-0.15, -0.1) is 0 Å². The first kappa shape index (κ1) is 21.2. The number of rotatable bonds is 6. The zero-order valence-electron chi connectivity index (χ0n) is 17.9. The Labute approximate surface area is 199 Å². The van der Waals surface area contributed by atoms with Crippen LogP contribution in [0, 0.1) is 5.92 Å². The number of ether oxygens (including phenoxy) is 2. The van der Waals surface area contributed by atoms with Gasteiger partial charge >= 0.3 is 0 Å². The number of anilines is 1. The van der Waals surface area contributed by atoms with Crippen molar-refractivity contribution in [2.75, 3.05) is 11.9 Å². The van der Waals surface area contributed by atoms with Gasteiger partial charge in [-0.05, 0) is 78.4 Å². The normalized spacial score (nSPS) is 20.9. The van der Waals surface area contributed by atoms with Crippen molar-refractivity contribution in [3.63, 3.8) is 0 Å². The topological polar surface area (TPSA) is 30.5 Å². The van der Waals surface area contributed by atoms with Gasteiger partial charge in [0.15, 0.2) is 11.5 Å². The van der Waals surface area contributed by atoms with Crippen LogP contribution in [0.4, 0.5) is 5.69 Å². The van der Waals surface area contributed by atoms with E-state index in [1.54, 1.807) is 0 Å². The molecule has 3 aromatic carbocycles. The highest BCUT2D eigenvalue weighted by molar-refractivity contribution is 6.31. The molecule has 0 fully saturated rings. The fraction of sp³-hybridized carbons (Fsp3) is 0.259. The Kier molecular flexibility index (Phi) is 6.03. The molecule has 5 rings (SSSR count). The lowest BCUT2D eigenvalue weighted by molar-refractivity contribution is 0.268. The van der Waals surface area contributed by atoms with Crippen molar-refractivity contribution in [2.45, 2.75) is 31.9 Å². The molecule has 0 aromatic heterocycles. The second-order valence-electron chi connectivity index (χ2n) is 8.26. The van der Waals surface area contributed by atoms with Crippen LogP contribution >= 0.6 is 23.2 Å². The Hall–Kier alpha value is -2.62. The van der Waals surface area contributed by atoms with Crippen molar-refractivity contribution in [1.29, 1.82) is 0 Å². The van der Waals surface area contributed by atoms with Crippen molar-refractivity contribution in [1.82, 2.24) is 0 Å². The quantitative estimate of drug-likeness (QED) is 0.376. The highest BCUT2D eigenvalue weighted by Gasteiger charge is 2.38. The van der Waals surface area contributed by atoms with Crippen LogP contribution < -0.4 is 14.8 Å². The molecule has 0 bridgehead atoms. The van der Waals surface area contributed by atoms with E-state index >= 15 is 0 Å². The first-order valence-corrected chi connectivity index (χ1v) is 11.7. The largest absolute Gasteiger partial charge is 0.490 e. The van der Waals surface area contributed by atoms with Crippen LogP contribution in [0.2, 0.25) is 10.0 Å². The molecule has 32 heavy (non-hydrogen) atoms. The van der Waals surface area contributed by atoms with Gasteiger partial charge < -0.3 is 14.8 Å². The summed E-state index contributed by atoms with van der Waals surface area (Å²) in [6.45, 7) is 3.03. The standard InChI is InChI=1S/C27H25Cl2NO2/c1-2-31-26-14-18(8-13-25(26)32-16-17-6-9-19(28)10-7-17)27-22-5-3-4-21(22)23-15-20(29)11-12-24(23)30-27/h3-4,6-15,21-22,27,30H,2,5,16H2,1H3/t21-,22+,27+/m1/s1. The lowest BCUT2D eigenvalue weighted by Crippen LogP contribution is -2.29. The van der Waals surface area contributed by atoms with Crippen LogP contribution in [0.1, 0.15) is 42.0 Å². The molecule has 0 radical (unpaired) electrons. The number of allylic oxidation sites excluding steroid dienone is 2. The smallest absolute Gasteiger partial charge is 0.161 e. The molecule has 1 N–H and O–H groups in total. The summed E-state index contributed by atoms with van der Waals surface area (Å²) in [4.78, 5) is 0. The Morgan fingerprint density at radius 2 is 1.72 bits per heavy atom. The molecule has 0 saturated carbocycles. The fourth-order valence-electron chi connectivity index (χ4n) is 4.74. The first-order chi connectivity index (χ1) is 15.6. The zero-order chi connectivity index (χ0) is 22.1. The van der Waals surface area contributed by atoms with E-state index in [9.17, 15) is 0 Å². The first-order valence-electron chi connectivity index (χ1n) is 11.0. The third-order valence-electron chi connectivity index (χ3n) is 6.26. The van der Waals surface area contributed by atoms with Crippen molar-refractivity contribution >= 4 is 28.9 Å². The van der Waals surface area contributed by atoms with Gasteiger partial charge in [0, 0.05) is 21.7 Å². The van der Waals surface area contributed by atoms with Gasteiger partial charge in [0.25, 0.3) is 0 Å². The van der Waals surface area contributed by atoms with E-state index in [1.807, 2.05) is 43.3 Å². The summed E-state index contributed by atoms with van der Waals surface area (Å²) in [6, 6.07) is 20.3. The van der Waals surface area contributed by atoms with E-state index < -0.39 is 0 Å². The molecule has 5 heteroatoms. The van der Waals surface area contributed by atoms with E-state index in [-0.39, 0.29) is 6.04 Å². The van der Waals surface area contributed by atoms with E-state index in [2.05, 4.69) is 41.7 Å². The molecule has 1 aliphatic carbocycles. The zero-order valence-corrected chi connectivity index (χ0v) is 19.4. The molecule has 1 heterocycles. The Bertz CT molecular complexity index is 1140. The van der Waals surface area contributed by atoms with Crippen LogP contribution in [-0.4, -0.2) is 6.61 Å². The number of hydrogen-bond acceptors (Lipinski definition) is 3.